The van der Waals surface area contributed by atoms with Crippen molar-refractivity contribution in [2.24, 2.45) is 11.1 Å². The summed E-state index contributed by atoms with van der Waals surface area (Å²) in [6, 6.07) is 7.44. The lowest BCUT2D eigenvalue weighted by Crippen LogP contribution is -2.37. The van der Waals surface area contributed by atoms with Gasteiger partial charge in [0.15, 0.2) is 5.78 Å². The van der Waals surface area contributed by atoms with Crippen LogP contribution in [0.3, 0.4) is 0 Å². The number of benzene rings is 1. The molecular weight excluding hydrogens is 396 g/mol. The number of carbonyl (C=O) groups excluding carboxylic acids is 2. The molecule has 6 nitrogen and oxygen atoms in total. The molecule has 1 aromatic carbocycles. The van der Waals surface area contributed by atoms with Crippen molar-refractivity contribution in [2.45, 2.75) is 32.7 Å². The maximum atomic E-state index is 13.0. The molecule has 0 saturated carbocycles. The average molecular weight is 415 g/mol. The standard InChI is InChI=1S/C19H19BrN4O2/c1-19(2)7-13-15(14(25)8-19)16(10-3-5-11(20)6-4-10)24-18(23-13)12(9-22-24)17(21)26/h3-6,9,16,23H,7-8H2,1-2H3,(H2,21,26)/t16-/m1/s1. The quantitative estimate of drug-likeness (QED) is 0.787. The number of fused-ring (bicyclic) bond motifs is 1. The molecule has 3 N–H and O–H groups in total. The van der Waals surface area contributed by atoms with E-state index >= 15 is 0 Å². The van der Waals surface area contributed by atoms with Crippen LogP contribution in [-0.2, 0) is 4.79 Å². The second-order valence-electron chi connectivity index (χ2n) is 7.63. The van der Waals surface area contributed by atoms with E-state index in [2.05, 4.69) is 40.2 Å². The lowest BCUT2D eigenvalue weighted by Gasteiger charge is -2.39. The Balaban J connectivity index is 1.94. The number of amides is 1. The van der Waals surface area contributed by atoms with Crippen LogP contribution in [0.15, 0.2) is 46.2 Å². The van der Waals surface area contributed by atoms with Crippen molar-refractivity contribution >= 4 is 33.4 Å². The van der Waals surface area contributed by atoms with Gasteiger partial charge >= 0.3 is 0 Å². The van der Waals surface area contributed by atoms with Crippen LogP contribution >= 0.6 is 15.9 Å². The highest BCUT2D eigenvalue weighted by molar-refractivity contribution is 9.10. The topological polar surface area (TPSA) is 90.0 Å². The fourth-order valence-electron chi connectivity index (χ4n) is 3.84. The number of halogens is 1. The highest BCUT2D eigenvalue weighted by Gasteiger charge is 2.42. The van der Waals surface area contributed by atoms with E-state index in [1.807, 2.05) is 24.3 Å². The number of hydrogen-bond acceptors (Lipinski definition) is 4. The molecule has 26 heavy (non-hydrogen) atoms. The number of hydrogen-bond donors (Lipinski definition) is 2. The first kappa shape index (κ1) is 17.0. The van der Waals surface area contributed by atoms with Crippen molar-refractivity contribution in [3.8, 4) is 0 Å². The lowest BCUT2D eigenvalue weighted by molar-refractivity contribution is -0.118. The third-order valence-electron chi connectivity index (χ3n) is 4.95. The van der Waals surface area contributed by atoms with Gasteiger partial charge in [-0.1, -0.05) is 41.9 Å². The van der Waals surface area contributed by atoms with Gasteiger partial charge in [-0.2, -0.15) is 5.10 Å². The molecule has 1 aromatic heterocycles. The summed E-state index contributed by atoms with van der Waals surface area (Å²) in [6.45, 7) is 4.15. The van der Waals surface area contributed by atoms with Crippen molar-refractivity contribution in [1.29, 1.82) is 0 Å². The van der Waals surface area contributed by atoms with E-state index in [0.29, 0.717) is 17.8 Å². The Morgan fingerprint density at radius 1 is 1.31 bits per heavy atom. The summed E-state index contributed by atoms with van der Waals surface area (Å²) in [5, 5.41) is 7.65. The lowest BCUT2D eigenvalue weighted by atomic mass is 9.73. The molecular formula is C19H19BrN4O2. The zero-order valence-electron chi connectivity index (χ0n) is 14.5. The summed E-state index contributed by atoms with van der Waals surface area (Å²) in [4.78, 5) is 24.8. The molecule has 1 aliphatic carbocycles. The molecule has 4 rings (SSSR count). The largest absolute Gasteiger partial charge is 0.365 e. The number of aromatic nitrogens is 2. The van der Waals surface area contributed by atoms with Crippen molar-refractivity contribution in [3.05, 3.63) is 57.3 Å². The zero-order chi connectivity index (χ0) is 18.6. The second kappa shape index (κ2) is 5.81. The number of primary amides is 1. The Morgan fingerprint density at radius 2 is 2.00 bits per heavy atom. The summed E-state index contributed by atoms with van der Waals surface area (Å²) in [6.07, 6.45) is 2.68. The normalized spacial score (nSPS) is 21.0. The number of nitrogens with zero attached hydrogens (tertiary/aromatic N) is 2. The van der Waals surface area contributed by atoms with Gasteiger partial charge in [-0.05, 0) is 29.5 Å². The highest BCUT2D eigenvalue weighted by Crippen LogP contribution is 2.46. The minimum atomic E-state index is -0.543. The molecule has 2 heterocycles. The summed E-state index contributed by atoms with van der Waals surface area (Å²) in [7, 11) is 0. The van der Waals surface area contributed by atoms with Crippen LogP contribution in [0.25, 0.3) is 0 Å². The van der Waals surface area contributed by atoms with Gasteiger partial charge < -0.3 is 11.1 Å². The predicted molar refractivity (Wildman–Crippen MR) is 102 cm³/mol. The van der Waals surface area contributed by atoms with Crippen LogP contribution in [0.2, 0.25) is 0 Å². The number of ketones is 1. The molecule has 1 amide bonds. The fraction of sp³-hybridized carbons (Fsp3) is 0.316. The molecule has 2 aliphatic rings. The summed E-state index contributed by atoms with van der Waals surface area (Å²) < 4.78 is 2.65. The van der Waals surface area contributed by atoms with E-state index in [4.69, 9.17) is 5.73 Å². The maximum absolute atomic E-state index is 13.0. The molecule has 7 heteroatoms. The Bertz CT molecular complexity index is 956. The first-order valence-corrected chi connectivity index (χ1v) is 9.22. The Hall–Kier alpha value is -2.41. The van der Waals surface area contributed by atoms with Crippen LogP contribution in [0.1, 0.15) is 48.7 Å². The van der Waals surface area contributed by atoms with Gasteiger partial charge in [-0.15, -0.1) is 0 Å². The predicted octanol–water partition coefficient (Wildman–Crippen LogP) is 3.40. The second-order valence-corrected chi connectivity index (χ2v) is 8.54. The van der Waals surface area contributed by atoms with E-state index in [1.54, 1.807) is 4.68 Å². The summed E-state index contributed by atoms with van der Waals surface area (Å²) >= 11 is 3.45. The van der Waals surface area contributed by atoms with Gasteiger partial charge in [0.2, 0.25) is 0 Å². The summed E-state index contributed by atoms with van der Waals surface area (Å²) in [5.74, 6) is 0.117. The molecule has 1 aliphatic heterocycles. The fourth-order valence-corrected chi connectivity index (χ4v) is 4.11. The first-order valence-electron chi connectivity index (χ1n) is 8.43. The minimum absolute atomic E-state index is 0.110. The number of allylic oxidation sites excluding steroid dienone is 2. The van der Waals surface area contributed by atoms with Gasteiger partial charge in [0.05, 0.1) is 6.20 Å². The zero-order valence-corrected chi connectivity index (χ0v) is 16.1. The number of nitrogens with two attached hydrogens (primary N) is 1. The Labute approximate surface area is 159 Å². The number of rotatable bonds is 2. The van der Waals surface area contributed by atoms with Gasteiger partial charge in [0, 0.05) is 22.2 Å². The molecule has 0 radical (unpaired) electrons. The SMILES string of the molecule is CC1(C)CC(=O)C2=C(C1)Nc1c(C(N)=O)cnn1[C@@H]2c1ccc(Br)cc1. The molecule has 134 valence electrons. The van der Waals surface area contributed by atoms with Crippen molar-refractivity contribution < 1.29 is 9.59 Å². The molecule has 1 atom stereocenters. The highest BCUT2D eigenvalue weighted by atomic mass is 79.9. The smallest absolute Gasteiger partial charge is 0.254 e. The molecule has 0 fully saturated rings. The van der Waals surface area contributed by atoms with E-state index in [-0.39, 0.29) is 17.2 Å². The van der Waals surface area contributed by atoms with Crippen LogP contribution in [0.5, 0.6) is 0 Å². The van der Waals surface area contributed by atoms with Gasteiger partial charge in [-0.25, -0.2) is 4.68 Å². The number of carbonyl (C=O) groups is 2. The van der Waals surface area contributed by atoms with Crippen molar-refractivity contribution in [2.75, 3.05) is 5.32 Å². The monoisotopic (exact) mass is 414 g/mol. The molecule has 0 bridgehead atoms. The van der Waals surface area contributed by atoms with Crippen molar-refractivity contribution in [3.63, 3.8) is 0 Å². The van der Waals surface area contributed by atoms with Gasteiger partial charge in [-0.3, -0.25) is 9.59 Å². The van der Waals surface area contributed by atoms with Crippen LogP contribution in [-0.4, -0.2) is 21.5 Å². The summed E-state index contributed by atoms with van der Waals surface area (Å²) in [5.41, 5.74) is 8.22. The van der Waals surface area contributed by atoms with Crippen LogP contribution in [0, 0.1) is 5.41 Å². The average Bonchev–Trinajstić information content (AvgIpc) is 2.96. The number of Topliss-reactive ketones (excluding diaryl/α,β-unsaturated/α-hetero) is 1. The van der Waals surface area contributed by atoms with Gasteiger partial charge in [0.25, 0.3) is 5.91 Å². The van der Waals surface area contributed by atoms with Gasteiger partial charge in [0.1, 0.15) is 17.4 Å². The molecule has 0 spiro atoms. The van der Waals surface area contributed by atoms with Crippen LogP contribution in [0.4, 0.5) is 5.82 Å². The first-order chi connectivity index (χ1) is 12.3. The molecule has 0 unspecified atom stereocenters. The minimum Gasteiger partial charge on any atom is -0.365 e. The Kier molecular flexibility index (Phi) is 3.80. The number of nitrogens with one attached hydrogen (secondary N) is 1. The van der Waals surface area contributed by atoms with E-state index < -0.39 is 5.91 Å². The molecule has 2 aromatic rings. The Morgan fingerprint density at radius 3 is 2.65 bits per heavy atom. The third kappa shape index (κ3) is 2.67. The third-order valence-corrected chi connectivity index (χ3v) is 5.48. The van der Waals surface area contributed by atoms with E-state index in [9.17, 15) is 9.59 Å². The van der Waals surface area contributed by atoms with E-state index in [0.717, 1.165) is 27.7 Å². The van der Waals surface area contributed by atoms with Crippen LogP contribution < -0.4 is 11.1 Å². The number of anilines is 1. The van der Waals surface area contributed by atoms with E-state index in [1.165, 1.54) is 6.20 Å². The van der Waals surface area contributed by atoms with Crippen molar-refractivity contribution in [1.82, 2.24) is 9.78 Å². The molecule has 0 saturated heterocycles. The maximum Gasteiger partial charge on any atom is 0.254 e.